The number of carbonyl (C=O) groups excluding carboxylic acids is 2. The van der Waals surface area contributed by atoms with Crippen molar-refractivity contribution in [3.05, 3.63) is 35.4 Å². The monoisotopic (exact) mass is 375 g/mol. The summed E-state index contributed by atoms with van der Waals surface area (Å²) in [5.41, 5.74) is 2.35. The average Bonchev–Trinajstić information content (AvgIpc) is 2.43. The van der Waals surface area contributed by atoms with Gasteiger partial charge in [-0.25, -0.2) is 0 Å². The molecule has 0 spiro atoms. The first kappa shape index (κ1) is 15.9. The first-order valence-corrected chi connectivity index (χ1v) is 7.31. The summed E-state index contributed by atoms with van der Waals surface area (Å²) in [6.45, 7) is 2.34. The van der Waals surface area contributed by atoms with Gasteiger partial charge in [0.15, 0.2) is 0 Å². The number of rotatable bonds is 6. The van der Waals surface area contributed by atoms with Gasteiger partial charge in [0.05, 0.1) is 7.11 Å². The lowest BCUT2D eigenvalue weighted by atomic mass is 10.1. The lowest BCUT2D eigenvalue weighted by molar-refractivity contribution is -0.139. The van der Waals surface area contributed by atoms with Gasteiger partial charge in [-0.2, -0.15) is 0 Å². The van der Waals surface area contributed by atoms with Crippen molar-refractivity contribution in [3.8, 4) is 0 Å². The summed E-state index contributed by atoms with van der Waals surface area (Å²) in [5, 5.41) is 2.73. The van der Waals surface area contributed by atoms with Crippen LogP contribution in [0.3, 0.4) is 0 Å². The van der Waals surface area contributed by atoms with E-state index >= 15 is 0 Å². The van der Waals surface area contributed by atoms with Crippen molar-refractivity contribution in [2.75, 3.05) is 13.7 Å². The minimum absolute atomic E-state index is 0.0499. The molecular weight excluding hydrogens is 357 g/mol. The molecule has 0 aliphatic rings. The van der Waals surface area contributed by atoms with Crippen molar-refractivity contribution in [2.24, 2.45) is 0 Å². The van der Waals surface area contributed by atoms with Gasteiger partial charge in [-0.1, -0.05) is 52.4 Å². The second kappa shape index (κ2) is 8.14. The molecule has 1 N–H and O–H groups in total. The van der Waals surface area contributed by atoms with Crippen molar-refractivity contribution in [1.82, 2.24) is 5.32 Å². The molecule has 4 nitrogen and oxygen atoms in total. The summed E-state index contributed by atoms with van der Waals surface area (Å²) in [5.74, 6) is -0.370. The van der Waals surface area contributed by atoms with Gasteiger partial charge in [-0.05, 0) is 18.9 Å². The molecule has 1 amide bonds. The van der Waals surface area contributed by atoms with Crippen LogP contribution in [-0.2, 0) is 20.7 Å². The summed E-state index contributed by atoms with van der Waals surface area (Å²) in [6, 6.07) is 8.12. The van der Waals surface area contributed by atoms with E-state index in [1.54, 1.807) is 0 Å². The maximum atomic E-state index is 11.6. The van der Waals surface area contributed by atoms with Crippen LogP contribution in [0.15, 0.2) is 24.3 Å². The van der Waals surface area contributed by atoms with Crippen LogP contribution < -0.4 is 5.32 Å². The SMILES string of the molecule is COC(=O)C(I)CNC(=O)CCc1ccc(C)cc1. The number of alkyl halides is 1. The maximum absolute atomic E-state index is 11.6. The zero-order chi connectivity index (χ0) is 14.3. The summed E-state index contributed by atoms with van der Waals surface area (Å²) in [6.07, 6.45) is 1.13. The van der Waals surface area contributed by atoms with E-state index in [0.29, 0.717) is 19.4 Å². The number of amides is 1. The number of hydrogen-bond acceptors (Lipinski definition) is 3. The molecule has 1 aromatic rings. The van der Waals surface area contributed by atoms with Crippen molar-refractivity contribution >= 4 is 34.5 Å². The Morgan fingerprint density at radius 1 is 1.32 bits per heavy atom. The van der Waals surface area contributed by atoms with E-state index < -0.39 is 0 Å². The quantitative estimate of drug-likeness (QED) is 0.470. The predicted molar refractivity (Wildman–Crippen MR) is 82.3 cm³/mol. The highest BCUT2D eigenvalue weighted by molar-refractivity contribution is 14.1. The normalized spacial score (nSPS) is 11.7. The van der Waals surface area contributed by atoms with Crippen LogP contribution in [-0.4, -0.2) is 29.5 Å². The molecule has 0 saturated heterocycles. The number of carbonyl (C=O) groups is 2. The molecule has 104 valence electrons. The van der Waals surface area contributed by atoms with Gasteiger partial charge in [-0.15, -0.1) is 0 Å². The van der Waals surface area contributed by atoms with Crippen LogP contribution >= 0.6 is 22.6 Å². The summed E-state index contributed by atoms with van der Waals surface area (Å²) < 4.78 is 4.25. The topological polar surface area (TPSA) is 55.4 Å². The third kappa shape index (κ3) is 6.04. The third-order valence-electron chi connectivity index (χ3n) is 2.70. The smallest absolute Gasteiger partial charge is 0.320 e. The number of benzene rings is 1. The van der Waals surface area contributed by atoms with E-state index in [0.717, 1.165) is 5.56 Å². The number of halogens is 1. The fraction of sp³-hybridized carbons (Fsp3) is 0.429. The van der Waals surface area contributed by atoms with Crippen LogP contribution in [0.5, 0.6) is 0 Å². The van der Waals surface area contributed by atoms with E-state index in [-0.39, 0.29) is 15.8 Å². The minimum atomic E-state index is -0.342. The largest absolute Gasteiger partial charge is 0.468 e. The number of ether oxygens (including phenoxy) is 1. The van der Waals surface area contributed by atoms with Crippen LogP contribution in [0.2, 0.25) is 0 Å². The molecule has 0 saturated carbocycles. The predicted octanol–water partition coefficient (Wildman–Crippen LogP) is 2.02. The molecule has 1 unspecified atom stereocenters. The van der Waals surface area contributed by atoms with Crippen molar-refractivity contribution in [3.63, 3.8) is 0 Å². The Labute approximate surface area is 127 Å². The van der Waals surface area contributed by atoms with E-state index in [2.05, 4.69) is 10.1 Å². The fourth-order valence-corrected chi connectivity index (χ4v) is 1.99. The maximum Gasteiger partial charge on any atom is 0.320 e. The molecule has 1 rings (SSSR count). The lowest BCUT2D eigenvalue weighted by Crippen LogP contribution is -2.33. The van der Waals surface area contributed by atoms with Crippen LogP contribution in [0, 0.1) is 6.92 Å². The van der Waals surface area contributed by atoms with E-state index in [9.17, 15) is 9.59 Å². The summed E-state index contributed by atoms with van der Waals surface area (Å²) in [7, 11) is 1.34. The van der Waals surface area contributed by atoms with Gasteiger partial charge in [0, 0.05) is 13.0 Å². The van der Waals surface area contributed by atoms with Crippen molar-refractivity contribution in [1.29, 1.82) is 0 Å². The molecule has 5 heteroatoms. The molecule has 0 radical (unpaired) electrons. The average molecular weight is 375 g/mol. The second-order valence-corrected chi connectivity index (χ2v) is 5.78. The molecule has 0 heterocycles. The van der Waals surface area contributed by atoms with Gasteiger partial charge in [-0.3, -0.25) is 9.59 Å². The molecule has 0 aliphatic carbocycles. The van der Waals surface area contributed by atoms with Gasteiger partial charge < -0.3 is 10.1 Å². The minimum Gasteiger partial charge on any atom is -0.468 e. The standard InChI is InChI=1S/C14H18INO3/c1-10-3-5-11(6-4-10)7-8-13(17)16-9-12(15)14(18)19-2/h3-6,12H,7-9H2,1-2H3,(H,16,17). The fourth-order valence-electron chi connectivity index (χ4n) is 1.52. The molecule has 19 heavy (non-hydrogen) atoms. The van der Waals surface area contributed by atoms with Gasteiger partial charge in [0.2, 0.25) is 5.91 Å². The van der Waals surface area contributed by atoms with Crippen molar-refractivity contribution in [2.45, 2.75) is 23.7 Å². The summed E-state index contributed by atoms with van der Waals surface area (Å²) >= 11 is 1.96. The highest BCUT2D eigenvalue weighted by atomic mass is 127. The number of methoxy groups -OCH3 is 1. The van der Waals surface area contributed by atoms with E-state index in [4.69, 9.17) is 0 Å². The Hall–Kier alpha value is -1.11. The Bertz CT molecular complexity index is 431. The first-order valence-electron chi connectivity index (χ1n) is 6.07. The molecule has 0 fully saturated rings. The van der Waals surface area contributed by atoms with Gasteiger partial charge >= 0.3 is 5.97 Å². The second-order valence-electron chi connectivity index (χ2n) is 4.28. The zero-order valence-electron chi connectivity index (χ0n) is 11.1. The summed E-state index contributed by atoms with van der Waals surface area (Å²) in [4.78, 5) is 22.8. The Morgan fingerprint density at radius 3 is 2.53 bits per heavy atom. The highest BCUT2D eigenvalue weighted by Crippen LogP contribution is 2.06. The zero-order valence-corrected chi connectivity index (χ0v) is 13.3. The number of aryl methyl sites for hydroxylation is 2. The van der Waals surface area contributed by atoms with E-state index in [1.165, 1.54) is 12.7 Å². The van der Waals surface area contributed by atoms with Crippen molar-refractivity contribution < 1.29 is 14.3 Å². The molecule has 0 aromatic heterocycles. The molecule has 0 bridgehead atoms. The first-order chi connectivity index (χ1) is 9.02. The van der Waals surface area contributed by atoms with Crippen LogP contribution in [0.4, 0.5) is 0 Å². The molecular formula is C14H18INO3. The lowest BCUT2D eigenvalue weighted by Gasteiger charge is -2.09. The van der Waals surface area contributed by atoms with Gasteiger partial charge in [0.25, 0.3) is 0 Å². The Kier molecular flexibility index (Phi) is 6.83. The molecule has 0 aliphatic heterocycles. The van der Waals surface area contributed by atoms with Crippen LogP contribution in [0.25, 0.3) is 0 Å². The van der Waals surface area contributed by atoms with E-state index in [1.807, 2.05) is 53.8 Å². The van der Waals surface area contributed by atoms with Gasteiger partial charge in [0.1, 0.15) is 3.92 Å². The Balaban J connectivity index is 2.28. The molecule has 1 atom stereocenters. The molecule has 1 aromatic carbocycles. The third-order valence-corrected chi connectivity index (χ3v) is 3.65. The number of hydrogen-bond donors (Lipinski definition) is 1. The van der Waals surface area contributed by atoms with Crippen LogP contribution in [0.1, 0.15) is 17.5 Å². The number of esters is 1. The highest BCUT2D eigenvalue weighted by Gasteiger charge is 2.15. The number of nitrogens with one attached hydrogen (secondary N) is 1. The Morgan fingerprint density at radius 2 is 1.95 bits per heavy atom.